The van der Waals surface area contributed by atoms with Crippen LogP contribution in [0.4, 0.5) is 51.3 Å². The average molecular weight is 718 g/mol. The summed E-state index contributed by atoms with van der Waals surface area (Å²) in [5, 5.41) is 11.1. The number of nitrogens with zero attached hydrogens (tertiary/aromatic N) is 2. The van der Waals surface area contributed by atoms with E-state index in [0.29, 0.717) is 17.7 Å². The Labute approximate surface area is 281 Å². The smallest absolute Gasteiger partial charge is 0.327 e. The maximum Gasteiger partial charge on any atom is 0.433 e. The summed E-state index contributed by atoms with van der Waals surface area (Å²) in [6.45, 7) is -0.0130. The Balaban J connectivity index is 1.52. The highest BCUT2D eigenvalue weighted by molar-refractivity contribution is 6.31. The van der Waals surface area contributed by atoms with E-state index in [1.54, 1.807) is 18.2 Å². The van der Waals surface area contributed by atoms with Crippen LogP contribution in [0.5, 0.6) is 0 Å². The number of carbonyl (C=O) groups is 2. The van der Waals surface area contributed by atoms with Crippen LogP contribution in [-0.2, 0) is 18.8 Å². The Hall–Kier alpha value is -5.44. The quantitative estimate of drug-likeness (QED) is 0.159. The number of anilines is 2. The molecule has 50 heavy (non-hydrogen) atoms. The van der Waals surface area contributed by atoms with Crippen LogP contribution in [0.3, 0.4) is 0 Å². The summed E-state index contributed by atoms with van der Waals surface area (Å²) < 4.78 is 113. The molecule has 256 valence electrons. The summed E-state index contributed by atoms with van der Waals surface area (Å²) in [6.07, 6.45) is -9.94. The van der Waals surface area contributed by atoms with E-state index in [9.17, 15) is 44.7 Å². The molecule has 1 unspecified atom stereocenters. The third-order valence-corrected chi connectivity index (χ3v) is 8.82. The van der Waals surface area contributed by atoms with Crippen molar-refractivity contribution in [2.24, 2.45) is 0 Å². The number of amides is 3. The van der Waals surface area contributed by atoms with Crippen molar-refractivity contribution in [3.05, 3.63) is 123 Å². The van der Waals surface area contributed by atoms with E-state index >= 15 is 0 Å². The van der Waals surface area contributed by atoms with E-state index in [1.165, 1.54) is 29.2 Å². The van der Waals surface area contributed by atoms with Gasteiger partial charge in [0.15, 0.2) is 0 Å². The van der Waals surface area contributed by atoms with E-state index < -0.39 is 64.4 Å². The highest BCUT2D eigenvalue weighted by atomic mass is 35.5. The summed E-state index contributed by atoms with van der Waals surface area (Å²) in [6, 6.07) is 11.6. The van der Waals surface area contributed by atoms with Crippen LogP contribution in [-0.4, -0.2) is 28.7 Å². The van der Waals surface area contributed by atoms with Crippen LogP contribution in [0.1, 0.15) is 44.3 Å². The molecule has 3 heterocycles. The van der Waals surface area contributed by atoms with E-state index in [4.69, 9.17) is 11.6 Å². The molecule has 2 aliphatic heterocycles. The van der Waals surface area contributed by atoms with E-state index in [1.807, 2.05) is 0 Å². The molecular formula is C34H20ClF8N5O2. The fourth-order valence-corrected chi connectivity index (χ4v) is 6.61. The fraction of sp³-hybridized carbons (Fsp3) is 0.147. The topological polar surface area (TPSA) is 90.1 Å². The van der Waals surface area contributed by atoms with Gasteiger partial charge in [0.1, 0.15) is 23.0 Å². The van der Waals surface area contributed by atoms with Crippen LogP contribution in [0.25, 0.3) is 22.4 Å². The normalized spacial score (nSPS) is 15.6. The number of carbonyl (C=O) groups excluding carboxylic acids is 2. The first-order valence-corrected chi connectivity index (χ1v) is 15.1. The number of urea groups is 1. The molecule has 3 N–H and O–H groups in total. The second-order valence-electron chi connectivity index (χ2n) is 11.5. The summed E-state index contributed by atoms with van der Waals surface area (Å²) in [4.78, 5) is 28.3. The molecule has 16 heteroatoms. The summed E-state index contributed by atoms with van der Waals surface area (Å²) in [5.74, 6) is -3.38. The van der Waals surface area contributed by atoms with Crippen molar-refractivity contribution in [2.75, 3.05) is 16.8 Å². The van der Waals surface area contributed by atoms with Crippen molar-refractivity contribution in [2.45, 2.75) is 24.8 Å². The number of halogens is 9. The minimum absolute atomic E-state index is 0.0130. The standard InChI is InChI=1S/C34H20ClF8N5O2/c35-23-7-6-18(36)13-22(23)28-26-24(44-31(49)16-10-17(33(38,39)40)12-19(37)11-16)14-21(20-8-9-48(29(20)26)32(50)45-28)25-27(15-4-2-1-3-5-15)46-47-30(25)34(41,42)43/h1-7,10-14,28H,8-9H2,(H,44,49)(H,45,50)(H,46,47). The zero-order valence-corrected chi connectivity index (χ0v) is 25.8. The highest BCUT2D eigenvalue weighted by Gasteiger charge is 2.44. The molecule has 1 aromatic heterocycles. The van der Waals surface area contributed by atoms with Crippen LogP contribution >= 0.6 is 11.6 Å². The first-order chi connectivity index (χ1) is 23.6. The van der Waals surface area contributed by atoms with Crippen molar-refractivity contribution in [3.63, 3.8) is 0 Å². The first kappa shape index (κ1) is 33.1. The molecule has 0 radical (unpaired) electrons. The van der Waals surface area contributed by atoms with Gasteiger partial charge in [-0.3, -0.25) is 14.8 Å². The minimum Gasteiger partial charge on any atom is -0.327 e. The van der Waals surface area contributed by atoms with Gasteiger partial charge in [-0.2, -0.15) is 31.4 Å². The van der Waals surface area contributed by atoms with Gasteiger partial charge in [-0.25, -0.2) is 13.6 Å². The van der Waals surface area contributed by atoms with Crippen LogP contribution in [0.15, 0.2) is 72.8 Å². The largest absolute Gasteiger partial charge is 0.433 e. The number of H-pyrrole nitrogens is 1. The zero-order chi connectivity index (χ0) is 35.7. The summed E-state index contributed by atoms with van der Waals surface area (Å²) in [7, 11) is 0. The summed E-state index contributed by atoms with van der Waals surface area (Å²) >= 11 is 6.43. The van der Waals surface area contributed by atoms with Crippen molar-refractivity contribution in [1.29, 1.82) is 0 Å². The first-order valence-electron chi connectivity index (χ1n) is 14.7. The number of alkyl halides is 6. The van der Waals surface area contributed by atoms with E-state index in [0.717, 1.165) is 12.1 Å². The lowest BCUT2D eigenvalue weighted by molar-refractivity contribution is -0.140. The van der Waals surface area contributed by atoms with Crippen molar-refractivity contribution in [1.82, 2.24) is 15.5 Å². The Bertz CT molecular complexity index is 2200. The average Bonchev–Trinajstić information content (AvgIpc) is 3.71. The Morgan fingerprint density at radius 1 is 0.920 bits per heavy atom. The molecule has 0 bridgehead atoms. The highest BCUT2D eigenvalue weighted by Crippen LogP contribution is 2.52. The molecule has 0 fully saturated rings. The fourth-order valence-electron chi connectivity index (χ4n) is 6.38. The Kier molecular flexibility index (Phi) is 7.85. The maximum absolute atomic E-state index is 14.6. The molecule has 0 saturated heterocycles. The molecular weight excluding hydrogens is 698 g/mol. The van der Waals surface area contributed by atoms with Gasteiger partial charge >= 0.3 is 18.4 Å². The molecule has 1 atom stereocenters. The SMILES string of the molecule is O=C(Nc1cc(-c2c(-c3ccccc3)n[nH]c2C(F)(F)F)c2c3c1C(c1cc(F)ccc1Cl)NC(=O)N3CC2)c1cc(F)cc(C(F)(F)F)c1. The Morgan fingerprint density at radius 2 is 1.66 bits per heavy atom. The monoisotopic (exact) mass is 717 g/mol. The predicted octanol–water partition coefficient (Wildman–Crippen LogP) is 9.14. The maximum atomic E-state index is 14.6. The number of nitrogens with one attached hydrogen (secondary N) is 3. The second-order valence-corrected chi connectivity index (χ2v) is 11.9. The van der Waals surface area contributed by atoms with Gasteiger partial charge in [-0.05, 0) is 60.0 Å². The molecule has 5 aromatic rings. The van der Waals surface area contributed by atoms with Gasteiger partial charge in [0.05, 0.1) is 17.3 Å². The van der Waals surface area contributed by atoms with Crippen LogP contribution in [0, 0.1) is 11.6 Å². The van der Waals surface area contributed by atoms with E-state index in [-0.39, 0.29) is 63.4 Å². The molecule has 0 spiro atoms. The number of hydrogen-bond acceptors (Lipinski definition) is 3. The Morgan fingerprint density at radius 3 is 2.36 bits per heavy atom. The predicted molar refractivity (Wildman–Crippen MR) is 167 cm³/mol. The summed E-state index contributed by atoms with van der Waals surface area (Å²) in [5.41, 5.74) is -3.66. The molecule has 0 aliphatic carbocycles. The van der Waals surface area contributed by atoms with Gasteiger partial charge in [0.25, 0.3) is 5.91 Å². The van der Waals surface area contributed by atoms with Gasteiger partial charge in [-0.1, -0.05) is 41.9 Å². The van der Waals surface area contributed by atoms with E-state index in [2.05, 4.69) is 20.8 Å². The molecule has 3 amide bonds. The third-order valence-electron chi connectivity index (χ3n) is 8.47. The van der Waals surface area contributed by atoms with Gasteiger partial charge < -0.3 is 10.6 Å². The molecule has 7 rings (SSSR count). The van der Waals surface area contributed by atoms with Crippen molar-refractivity contribution in [3.8, 4) is 22.4 Å². The second kappa shape index (κ2) is 11.9. The van der Waals surface area contributed by atoms with Crippen LogP contribution < -0.4 is 15.5 Å². The number of benzene rings is 4. The minimum atomic E-state index is -5.02. The van der Waals surface area contributed by atoms with Gasteiger partial charge in [-0.15, -0.1) is 0 Å². The lowest BCUT2D eigenvalue weighted by Gasteiger charge is -2.35. The lowest BCUT2D eigenvalue weighted by atomic mass is 9.86. The van der Waals surface area contributed by atoms with Gasteiger partial charge in [0.2, 0.25) is 0 Å². The molecule has 4 aromatic carbocycles. The molecule has 7 nitrogen and oxygen atoms in total. The third kappa shape index (κ3) is 5.70. The van der Waals surface area contributed by atoms with Crippen LogP contribution in [0.2, 0.25) is 5.02 Å². The zero-order valence-electron chi connectivity index (χ0n) is 25.0. The lowest BCUT2D eigenvalue weighted by Crippen LogP contribution is -2.46. The number of aromatic nitrogens is 2. The number of aromatic amines is 1. The van der Waals surface area contributed by atoms with Crippen molar-refractivity contribution < 1.29 is 44.7 Å². The van der Waals surface area contributed by atoms with Gasteiger partial charge in [0, 0.05) is 45.1 Å². The molecule has 0 saturated carbocycles. The molecule has 2 aliphatic rings. The van der Waals surface area contributed by atoms with Crippen molar-refractivity contribution >= 4 is 34.9 Å². The number of rotatable bonds is 5. The number of hydrogen-bond donors (Lipinski definition) is 3.